The summed E-state index contributed by atoms with van der Waals surface area (Å²) in [6, 6.07) is 0.362. The van der Waals surface area contributed by atoms with Crippen LogP contribution in [0.5, 0.6) is 0 Å². The Hall–Kier alpha value is -0.610. The predicted octanol–water partition coefficient (Wildman–Crippen LogP) is 2.39. The summed E-state index contributed by atoms with van der Waals surface area (Å²) in [5.41, 5.74) is -0.0695. The van der Waals surface area contributed by atoms with Crippen LogP contribution in [0.2, 0.25) is 0 Å². The highest BCUT2D eigenvalue weighted by molar-refractivity contribution is 5.81. The summed E-state index contributed by atoms with van der Waals surface area (Å²) in [5, 5.41) is 6.72. The largest absolute Gasteiger partial charge is 0.353 e. The molecule has 1 heterocycles. The van der Waals surface area contributed by atoms with Crippen LogP contribution in [0, 0.1) is 5.41 Å². The first-order valence-corrected chi connectivity index (χ1v) is 8.36. The van der Waals surface area contributed by atoms with Crippen molar-refractivity contribution in [1.29, 1.82) is 0 Å². The van der Waals surface area contributed by atoms with Crippen molar-refractivity contribution in [1.82, 2.24) is 15.5 Å². The van der Waals surface area contributed by atoms with Gasteiger partial charge in [-0.25, -0.2) is 0 Å². The molecule has 2 N–H and O–H groups in total. The minimum atomic E-state index is -0.282. The van der Waals surface area contributed by atoms with E-state index in [9.17, 15) is 4.79 Å². The van der Waals surface area contributed by atoms with Crippen molar-refractivity contribution >= 4 is 5.91 Å². The van der Waals surface area contributed by atoms with Crippen LogP contribution >= 0.6 is 0 Å². The molecule has 124 valence electrons. The van der Waals surface area contributed by atoms with Gasteiger partial charge in [0.05, 0.1) is 0 Å². The molecule has 0 atom stereocenters. The number of piperidine rings is 1. The molecule has 1 aliphatic rings. The molecule has 0 aromatic rings. The van der Waals surface area contributed by atoms with Crippen LogP contribution in [-0.4, -0.2) is 48.6 Å². The van der Waals surface area contributed by atoms with Gasteiger partial charge in [-0.3, -0.25) is 4.79 Å². The second kappa shape index (κ2) is 7.59. The number of rotatable bonds is 5. The summed E-state index contributed by atoms with van der Waals surface area (Å²) >= 11 is 0. The molecule has 0 saturated carbocycles. The first kappa shape index (κ1) is 18.4. The molecule has 1 fully saturated rings. The van der Waals surface area contributed by atoms with Crippen molar-refractivity contribution < 1.29 is 4.79 Å². The summed E-state index contributed by atoms with van der Waals surface area (Å²) < 4.78 is 0. The van der Waals surface area contributed by atoms with E-state index in [1.807, 2.05) is 20.8 Å². The molecule has 0 unspecified atom stereocenters. The van der Waals surface area contributed by atoms with Gasteiger partial charge in [0.2, 0.25) is 5.91 Å². The Morgan fingerprint density at radius 3 is 2.14 bits per heavy atom. The third-order valence-electron chi connectivity index (χ3n) is 3.91. The van der Waals surface area contributed by atoms with Crippen LogP contribution in [0.15, 0.2) is 0 Å². The summed E-state index contributed by atoms with van der Waals surface area (Å²) in [6.45, 7) is 17.0. The fraction of sp³-hybridized carbons (Fsp3) is 0.941. The van der Waals surface area contributed by atoms with Gasteiger partial charge in [0.25, 0.3) is 0 Å². The topological polar surface area (TPSA) is 44.4 Å². The Balaban J connectivity index is 2.16. The Morgan fingerprint density at radius 2 is 1.67 bits per heavy atom. The first-order valence-electron chi connectivity index (χ1n) is 8.36. The van der Waals surface area contributed by atoms with E-state index in [0.29, 0.717) is 6.04 Å². The van der Waals surface area contributed by atoms with Crippen LogP contribution in [0.25, 0.3) is 0 Å². The molecule has 0 radical (unpaired) electrons. The van der Waals surface area contributed by atoms with E-state index in [-0.39, 0.29) is 16.9 Å². The van der Waals surface area contributed by atoms with E-state index in [1.54, 1.807) is 0 Å². The molecule has 1 rings (SSSR count). The maximum atomic E-state index is 12.0. The Bertz CT molecular complexity index is 320. The van der Waals surface area contributed by atoms with Crippen molar-refractivity contribution in [3.63, 3.8) is 0 Å². The second-order valence-electron chi connectivity index (χ2n) is 8.37. The number of carbonyl (C=O) groups is 1. The van der Waals surface area contributed by atoms with Gasteiger partial charge in [-0.2, -0.15) is 0 Å². The van der Waals surface area contributed by atoms with Crippen LogP contribution in [0.3, 0.4) is 0 Å². The summed E-state index contributed by atoms with van der Waals surface area (Å²) in [6.07, 6.45) is 3.35. The molecule has 1 saturated heterocycles. The van der Waals surface area contributed by atoms with Gasteiger partial charge >= 0.3 is 0 Å². The standard InChI is InChI=1S/C17H35N3O/c1-16(2,3)15(21)19-14-8-12-20(13-9-14)11-7-10-18-17(4,5)6/h14,18H,7-13H2,1-6H3,(H,19,21). The van der Waals surface area contributed by atoms with Crippen LogP contribution in [0.1, 0.15) is 60.8 Å². The number of amides is 1. The lowest BCUT2D eigenvalue weighted by atomic mass is 9.94. The summed E-state index contributed by atoms with van der Waals surface area (Å²) in [4.78, 5) is 14.5. The zero-order valence-corrected chi connectivity index (χ0v) is 14.9. The Kier molecular flexibility index (Phi) is 6.67. The smallest absolute Gasteiger partial charge is 0.225 e. The molecule has 4 nitrogen and oxygen atoms in total. The Labute approximate surface area is 131 Å². The van der Waals surface area contributed by atoms with Gasteiger partial charge in [-0.05, 0) is 53.1 Å². The van der Waals surface area contributed by atoms with Crippen molar-refractivity contribution in [2.75, 3.05) is 26.2 Å². The maximum Gasteiger partial charge on any atom is 0.225 e. The average Bonchev–Trinajstić information content (AvgIpc) is 2.34. The minimum Gasteiger partial charge on any atom is -0.353 e. The number of likely N-dealkylation sites (tertiary alicyclic amines) is 1. The second-order valence-corrected chi connectivity index (χ2v) is 8.37. The fourth-order valence-electron chi connectivity index (χ4n) is 2.47. The average molecular weight is 297 g/mol. The molecule has 4 heteroatoms. The summed E-state index contributed by atoms with van der Waals surface area (Å²) in [7, 11) is 0. The molecule has 0 aromatic carbocycles. The summed E-state index contributed by atoms with van der Waals surface area (Å²) in [5.74, 6) is 0.176. The highest BCUT2D eigenvalue weighted by atomic mass is 16.2. The highest BCUT2D eigenvalue weighted by Crippen LogP contribution is 2.16. The quantitative estimate of drug-likeness (QED) is 0.766. The molecule has 0 bridgehead atoms. The van der Waals surface area contributed by atoms with Crippen LogP contribution < -0.4 is 10.6 Å². The van der Waals surface area contributed by atoms with Gasteiger partial charge in [-0.1, -0.05) is 20.8 Å². The maximum absolute atomic E-state index is 12.0. The SMILES string of the molecule is CC(C)(C)NCCCN1CCC(NC(=O)C(C)(C)C)CC1. The molecule has 21 heavy (non-hydrogen) atoms. The molecule has 0 aliphatic carbocycles. The first-order chi connectivity index (χ1) is 9.58. The predicted molar refractivity (Wildman–Crippen MR) is 89.4 cm³/mol. The zero-order chi connectivity index (χ0) is 16.1. The molecular formula is C17H35N3O. The van der Waals surface area contributed by atoms with Gasteiger partial charge in [0, 0.05) is 30.1 Å². The number of carbonyl (C=O) groups excluding carboxylic acids is 1. The van der Waals surface area contributed by atoms with Gasteiger partial charge in [0.15, 0.2) is 0 Å². The third-order valence-corrected chi connectivity index (χ3v) is 3.91. The van der Waals surface area contributed by atoms with E-state index in [2.05, 4.69) is 36.3 Å². The van der Waals surface area contributed by atoms with E-state index < -0.39 is 0 Å². The van der Waals surface area contributed by atoms with E-state index in [0.717, 1.165) is 39.0 Å². The van der Waals surface area contributed by atoms with Gasteiger partial charge in [0.1, 0.15) is 0 Å². The minimum absolute atomic E-state index is 0.176. The zero-order valence-electron chi connectivity index (χ0n) is 14.9. The molecule has 1 amide bonds. The lowest BCUT2D eigenvalue weighted by Gasteiger charge is -2.34. The number of hydrogen-bond donors (Lipinski definition) is 2. The van der Waals surface area contributed by atoms with Gasteiger partial charge < -0.3 is 15.5 Å². The lowest BCUT2D eigenvalue weighted by molar-refractivity contribution is -0.129. The van der Waals surface area contributed by atoms with Crippen molar-refractivity contribution in [3.05, 3.63) is 0 Å². The van der Waals surface area contributed by atoms with E-state index >= 15 is 0 Å². The third kappa shape index (κ3) is 7.82. The van der Waals surface area contributed by atoms with Crippen molar-refractivity contribution in [2.45, 2.75) is 72.4 Å². The Morgan fingerprint density at radius 1 is 1.10 bits per heavy atom. The lowest BCUT2D eigenvalue weighted by Crippen LogP contribution is -2.48. The number of nitrogens with zero attached hydrogens (tertiary/aromatic N) is 1. The van der Waals surface area contributed by atoms with E-state index in [4.69, 9.17) is 0 Å². The number of nitrogens with one attached hydrogen (secondary N) is 2. The highest BCUT2D eigenvalue weighted by Gasteiger charge is 2.26. The van der Waals surface area contributed by atoms with Crippen molar-refractivity contribution in [3.8, 4) is 0 Å². The normalized spacial score (nSPS) is 18.8. The van der Waals surface area contributed by atoms with Gasteiger partial charge in [-0.15, -0.1) is 0 Å². The van der Waals surface area contributed by atoms with Crippen LogP contribution in [-0.2, 0) is 4.79 Å². The monoisotopic (exact) mass is 297 g/mol. The molecule has 1 aliphatic heterocycles. The number of hydrogen-bond acceptors (Lipinski definition) is 3. The van der Waals surface area contributed by atoms with E-state index in [1.165, 1.54) is 6.42 Å². The van der Waals surface area contributed by atoms with Crippen LogP contribution in [0.4, 0.5) is 0 Å². The molecular weight excluding hydrogens is 262 g/mol. The van der Waals surface area contributed by atoms with Crippen molar-refractivity contribution in [2.24, 2.45) is 5.41 Å². The molecule has 0 spiro atoms. The fourth-order valence-corrected chi connectivity index (χ4v) is 2.47. The molecule has 0 aromatic heterocycles.